The zero-order valence-corrected chi connectivity index (χ0v) is 9.39. The highest BCUT2D eigenvalue weighted by Gasteiger charge is 2.14. The number of carbonyl (C=O) groups excluding carboxylic acids is 1. The van der Waals surface area contributed by atoms with Crippen LogP contribution in [0.3, 0.4) is 0 Å². The Morgan fingerprint density at radius 3 is 1.92 bits per heavy atom. The van der Waals surface area contributed by atoms with Gasteiger partial charge in [-0.2, -0.15) is 0 Å². The van der Waals surface area contributed by atoms with Crippen LogP contribution in [0.15, 0.2) is 0 Å². The molecule has 3 nitrogen and oxygen atoms in total. The molecule has 13 heavy (non-hydrogen) atoms. The molecule has 1 rings (SSSR count). The van der Waals surface area contributed by atoms with Gasteiger partial charge >= 0.3 is 0 Å². The summed E-state index contributed by atoms with van der Waals surface area (Å²) in [4.78, 5) is 12.3. The first kappa shape index (κ1) is 12.4. The Bertz CT molecular complexity index is 161. The molecule has 1 amide bonds. The lowest BCUT2D eigenvalue weighted by Crippen LogP contribution is -2.17. The summed E-state index contributed by atoms with van der Waals surface area (Å²) < 4.78 is 4.94. The molecule has 0 atom stereocenters. The standard InChI is InChI=1S/C5H9NO.C5H12O/c1-6-4-2-3-5(6)7;1-5(2,3)6-4/h2-4H2,1H3;1-4H3. The molecule has 0 aromatic carbocycles. The third kappa shape index (κ3) is 6.58. The fourth-order valence-corrected chi connectivity index (χ4v) is 0.783. The number of rotatable bonds is 0. The van der Waals surface area contributed by atoms with E-state index in [1.165, 1.54) is 0 Å². The van der Waals surface area contributed by atoms with E-state index in [-0.39, 0.29) is 5.60 Å². The first-order valence-electron chi connectivity index (χ1n) is 4.66. The predicted octanol–water partition coefficient (Wildman–Crippen LogP) is 1.67. The second-order valence-corrected chi connectivity index (χ2v) is 4.24. The van der Waals surface area contributed by atoms with Crippen LogP contribution in [0.5, 0.6) is 0 Å². The molecule has 0 aliphatic carbocycles. The Kier molecular flexibility index (Phi) is 4.99. The molecule has 1 aliphatic heterocycles. The van der Waals surface area contributed by atoms with Crippen LogP contribution < -0.4 is 0 Å². The molecule has 78 valence electrons. The van der Waals surface area contributed by atoms with E-state index in [9.17, 15) is 4.79 Å². The lowest BCUT2D eigenvalue weighted by atomic mass is 10.2. The van der Waals surface area contributed by atoms with Crippen molar-refractivity contribution in [1.82, 2.24) is 4.90 Å². The van der Waals surface area contributed by atoms with Crippen molar-refractivity contribution in [2.24, 2.45) is 0 Å². The van der Waals surface area contributed by atoms with Crippen LogP contribution >= 0.6 is 0 Å². The second-order valence-electron chi connectivity index (χ2n) is 4.24. The van der Waals surface area contributed by atoms with E-state index in [2.05, 4.69) is 0 Å². The van der Waals surface area contributed by atoms with Crippen molar-refractivity contribution < 1.29 is 9.53 Å². The molecule has 0 N–H and O–H groups in total. The van der Waals surface area contributed by atoms with Gasteiger partial charge in [-0.15, -0.1) is 0 Å². The second kappa shape index (κ2) is 5.22. The van der Waals surface area contributed by atoms with Gasteiger partial charge in [0.05, 0.1) is 5.60 Å². The van der Waals surface area contributed by atoms with Crippen molar-refractivity contribution >= 4 is 5.91 Å². The van der Waals surface area contributed by atoms with Gasteiger partial charge in [-0.05, 0) is 27.2 Å². The number of amides is 1. The summed E-state index contributed by atoms with van der Waals surface area (Å²) in [6, 6.07) is 0. The molecule has 0 spiro atoms. The number of likely N-dealkylation sites (tertiary alicyclic amines) is 1. The first-order valence-corrected chi connectivity index (χ1v) is 4.66. The molecule has 0 aromatic heterocycles. The molecular weight excluding hydrogens is 166 g/mol. The Hall–Kier alpha value is -0.570. The Morgan fingerprint density at radius 1 is 1.38 bits per heavy atom. The van der Waals surface area contributed by atoms with Crippen molar-refractivity contribution in [2.75, 3.05) is 20.7 Å². The molecule has 0 unspecified atom stereocenters. The predicted molar refractivity (Wildman–Crippen MR) is 53.6 cm³/mol. The summed E-state index contributed by atoms with van der Waals surface area (Å²) >= 11 is 0. The van der Waals surface area contributed by atoms with Crippen molar-refractivity contribution in [1.29, 1.82) is 0 Å². The van der Waals surface area contributed by atoms with Crippen molar-refractivity contribution in [2.45, 2.75) is 39.2 Å². The van der Waals surface area contributed by atoms with Gasteiger partial charge in [0, 0.05) is 27.1 Å². The van der Waals surface area contributed by atoms with Crippen molar-refractivity contribution in [3.8, 4) is 0 Å². The summed E-state index contributed by atoms with van der Waals surface area (Å²) in [5, 5.41) is 0. The molecule has 3 heteroatoms. The number of hydrogen-bond donors (Lipinski definition) is 0. The van der Waals surface area contributed by atoms with E-state index in [1.54, 1.807) is 12.0 Å². The molecule has 1 fully saturated rings. The number of hydrogen-bond acceptors (Lipinski definition) is 2. The van der Waals surface area contributed by atoms with E-state index >= 15 is 0 Å². The molecule has 1 saturated heterocycles. The topological polar surface area (TPSA) is 29.5 Å². The number of methoxy groups -OCH3 is 1. The Labute approximate surface area is 81.1 Å². The van der Waals surface area contributed by atoms with Crippen LogP contribution in [0.2, 0.25) is 0 Å². The SMILES string of the molecule is CN1CCCC1=O.COC(C)(C)C. The minimum absolute atomic E-state index is 0.0417. The Morgan fingerprint density at radius 2 is 1.85 bits per heavy atom. The lowest BCUT2D eigenvalue weighted by molar-refractivity contribution is -0.126. The van der Waals surface area contributed by atoms with Gasteiger partial charge in [0.15, 0.2) is 0 Å². The lowest BCUT2D eigenvalue weighted by Gasteiger charge is -2.14. The van der Waals surface area contributed by atoms with E-state index in [0.717, 1.165) is 19.4 Å². The number of carbonyl (C=O) groups is 1. The molecule has 0 aromatic rings. The normalized spacial score (nSPS) is 17.0. The van der Waals surface area contributed by atoms with E-state index in [0.29, 0.717) is 5.91 Å². The molecule has 1 aliphatic rings. The summed E-state index contributed by atoms with van der Waals surface area (Å²) in [7, 11) is 3.55. The average molecular weight is 187 g/mol. The van der Waals surface area contributed by atoms with Gasteiger partial charge in [-0.1, -0.05) is 0 Å². The highest BCUT2D eigenvalue weighted by Crippen LogP contribution is 2.04. The van der Waals surface area contributed by atoms with Crippen molar-refractivity contribution in [3.63, 3.8) is 0 Å². The largest absolute Gasteiger partial charge is 0.379 e. The quantitative estimate of drug-likeness (QED) is 0.577. The van der Waals surface area contributed by atoms with E-state index in [1.807, 2.05) is 27.8 Å². The maximum atomic E-state index is 10.5. The molecule has 1 heterocycles. The fraction of sp³-hybridized carbons (Fsp3) is 0.900. The van der Waals surface area contributed by atoms with Crippen LogP contribution in [0.1, 0.15) is 33.6 Å². The van der Waals surface area contributed by atoms with E-state index in [4.69, 9.17) is 4.74 Å². The van der Waals surface area contributed by atoms with Gasteiger partial charge in [-0.25, -0.2) is 0 Å². The Balaban J connectivity index is 0.000000226. The third-order valence-corrected chi connectivity index (χ3v) is 1.92. The maximum Gasteiger partial charge on any atom is 0.222 e. The van der Waals surface area contributed by atoms with Crippen molar-refractivity contribution in [3.05, 3.63) is 0 Å². The van der Waals surface area contributed by atoms with Crippen LogP contribution in [-0.4, -0.2) is 37.1 Å². The first-order chi connectivity index (χ1) is 5.87. The fourth-order valence-electron chi connectivity index (χ4n) is 0.783. The molecule has 0 bridgehead atoms. The molecule has 0 saturated carbocycles. The highest BCUT2D eigenvalue weighted by molar-refractivity contribution is 5.77. The number of ether oxygens (including phenoxy) is 1. The minimum Gasteiger partial charge on any atom is -0.379 e. The van der Waals surface area contributed by atoms with Crippen LogP contribution in [0.4, 0.5) is 0 Å². The number of nitrogens with zero attached hydrogens (tertiary/aromatic N) is 1. The van der Waals surface area contributed by atoms with Gasteiger partial charge in [0.25, 0.3) is 0 Å². The van der Waals surface area contributed by atoms with Gasteiger partial charge < -0.3 is 9.64 Å². The summed E-state index contributed by atoms with van der Waals surface area (Å²) in [5.74, 6) is 0.292. The van der Waals surface area contributed by atoms with Crippen LogP contribution in [-0.2, 0) is 9.53 Å². The van der Waals surface area contributed by atoms with Gasteiger partial charge in [0.2, 0.25) is 5.91 Å². The zero-order valence-electron chi connectivity index (χ0n) is 9.39. The maximum absolute atomic E-state index is 10.5. The van der Waals surface area contributed by atoms with E-state index < -0.39 is 0 Å². The average Bonchev–Trinajstić information content (AvgIpc) is 2.36. The minimum atomic E-state index is 0.0417. The summed E-state index contributed by atoms with van der Waals surface area (Å²) in [6.07, 6.45) is 1.81. The highest BCUT2D eigenvalue weighted by atomic mass is 16.5. The van der Waals surface area contributed by atoms with Gasteiger partial charge in [0.1, 0.15) is 0 Å². The summed E-state index contributed by atoms with van der Waals surface area (Å²) in [6.45, 7) is 7.02. The summed E-state index contributed by atoms with van der Waals surface area (Å²) in [5.41, 5.74) is 0.0417. The third-order valence-electron chi connectivity index (χ3n) is 1.92. The van der Waals surface area contributed by atoms with Crippen LogP contribution in [0, 0.1) is 0 Å². The van der Waals surface area contributed by atoms with Gasteiger partial charge in [-0.3, -0.25) is 4.79 Å². The zero-order chi connectivity index (χ0) is 10.5. The smallest absolute Gasteiger partial charge is 0.222 e. The van der Waals surface area contributed by atoms with Crippen LogP contribution in [0.25, 0.3) is 0 Å². The monoisotopic (exact) mass is 187 g/mol. The molecular formula is C10H21NO2. The molecule has 0 radical (unpaired) electrons.